The fourth-order valence-electron chi connectivity index (χ4n) is 2.53. The lowest BCUT2D eigenvalue weighted by molar-refractivity contribution is -0.118. The summed E-state index contributed by atoms with van der Waals surface area (Å²) in [7, 11) is 0. The molecule has 0 radical (unpaired) electrons. The Balaban J connectivity index is 1.97. The summed E-state index contributed by atoms with van der Waals surface area (Å²) in [4.78, 5) is 13.3. The maximum absolute atomic E-state index is 12.1. The van der Waals surface area contributed by atoms with Gasteiger partial charge in [0.25, 0.3) is 5.91 Å². The van der Waals surface area contributed by atoms with E-state index in [0.717, 1.165) is 36.3 Å². The number of benzene rings is 1. The van der Waals surface area contributed by atoms with E-state index in [4.69, 9.17) is 0 Å². The van der Waals surface area contributed by atoms with E-state index in [2.05, 4.69) is 10.6 Å². The van der Waals surface area contributed by atoms with Gasteiger partial charge in [0, 0.05) is 22.8 Å². The van der Waals surface area contributed by atoms with Crippen LogP contribution in [0.4, 0.5) is 5.69 Å². The van der Waals surface area contributed by atoms with E-state index in [1.165, 1.54) is 12.6 Å². The quantitative estimate of drug-likeness (QED) is 0.494. The Morgan fingerprint density at radius 3 is 2.82 bits per heavy atom. The highest BCUT2D eigenvalue weighted by Gasteiger charge is 2.17. The summed E-state index contributed by atoms with van der Waals surface area (Å²) < 4.78 is 0. The van der Waals surface area contributed by atoms with E-state index in [-0.39, 0.29) is 17.5 Å². The standard InChI is InChI=1S/C17H21N3OS/c1-22-16-9-5-8-15(10-16)19-12-13(11-18)17(21)20-14-6-3-2-4-7-14/h5,8-10,12,14,19H,2-4,6-7H2,1H3,(H,20,21)/b13-12-. The molecule has 0 spiro atoms. The molecule has 1 amide bonds. The van der Waals surface area contributed by atoms with Crippen LogP contribution in [-0.2, 0) is 4.79 Å². The van der Waals surface area contributed by atoms with Crippen molar-refractivity contribution < 1.29 is 4.79 Å². The molecule has 1 aliphatic carbocycles. The predicted octanol–water partition coefficient (Wildman–Crippen LogP) is 3.68. The Bertz CT molecular complexity index is 586. The number of nitriles is 1. The smallest absolute Gasteiger partial charge is 0.263 e. The summed E-state index contributed by atoms with van der Waals surface area (Å²) in [5.74, 6) is -0.289. The zero-order valence-corrected chi connectivity index (χ0v) is 13.6. The van der Waals surface area contributed by atoms with E-state index in [0.29, 0.717) is 0 Å². The number of anilines is 1. The first-order chi connectivity index (χ1) is 10.7. The first-order valence-corrected chi connectivity index (χ1v) is 8.77. The number of amides is 1. The van der Waals surface area contributed by atoms with E-state index in [9.17, 15) is 10.1 Å². The van der Waals surface area contributed by atoms with Gasteiger partial charge in [0.15, 0.2) is 0 Å². The lowest BCUT2D eigenvalue weighted by Crippen LogP contribution is -2.37. The van der Waals surface area contributed by atoms with Crippen molar-refractivity contribution in [3.63, 3.8) is 0 Å². The number of hydrogen-bond acceptors (Lipinski definition) is 4. The Labute approximate surface area is 136 Å². The molecule has 116 valence electrons. The van der Waals surface area contributed by atoms with Crippen LogP contribution in [0.3, 0.4) is 0 Å². The molecule has 1 aromatic carbocycles. The molecule has 2 N–H and O–H groups in total. The van der Waals surface area contributed by atoms with E-state index < -0.39 is 0 Å². The van der Waals surface area contributed by atoms with Crippen molar-refractivity contribution in [3.8, 4) is 6.07 Å². The minimum absolute atomic E-state index is 0.111. The topological polar surface area (TPSA) is 64.9 Å². The maximum Gasteiger partial charge on any atom is 0.263 e. The third-order valence-electron chi connectivity index (χ3n) is 3.76. The van der Waals surface area contributed by atoms with Gasteiger partial charge in [0.05, 0.1) is 0 Å². The Morgan fingerprint density at radius 1 is 1.36 bits per heavy atom. The van der Waals surface area contributed by atoms with Gasteiger partial charge in [-0.2, -0.15) is 5.26 Å². The molecular weight excluding hydrogens is 294 g/mol. The molecule has 1 aromatic rings. The highest BCUT2D eigenvalue weighted by molar-refractivity contribution is 7.98. The van der Waals surface area contributed by atoms with Crippen LogP contribution in [0.5, 0.6) is 0 Å². The molecule has 0 saturated heterocycles. The van der Waals surface area contributed by atoms with Gasteiger partial charge in [0.2, 0.25) is 0 Å². The van der Waals surface area contributed by atoms with Gasteiger partial charge in [0.1, 0.15) is 11.6 Å². The summed E-state index contributed by atoms with van der Waals surface area (Å²) in [5, 5.41) is 15.2. The molecule has 2 rings (SSSR count). The molecule has 1 fully saturated rings. The van der Waals surface area contributed by atoms with Crippen LogP contribution in [0.1, 0.15) is 32.1 Å². The van der Waals surface area contributed by atoms with E-state index in [1.807, 2.05) is 36.6 Å². The summed E-state index contributed by atoms with van der Waals surface area (Å²) in [5.41, 5.74) is 0.977. The molecule has 22 heavy (non-hydrogen) atoms. The van der Waals surface area contributed by atoms with E-state index in [1.54, 1.807) is 11.8 Å². The second-order valence-corrected chi connectivity index (χ2v) is 6.23. The van der Waals surface area contributed by atoms with Gasteiger partial charge in [-0.25, -0.2) is 0 Å². The molecule has 0 atom stereocenters. The zero-order valence-electron chi connectivity index (χ0n) is 12.8. The zero-order chi connectivity index (χ0) is 15.8. The largest absolute Gasteiger partial charge is 0.360 e. The molecular formula is C17H21N3OS. The van der Waals surface area contributed by atoms with Gasteiger partial charge >= 0.3 is 0 Å². The normalized spacial score (nSPS) is 15.9. The van der Waals surface area contributed by atoms with Crippen LogP contribution in [0.25, 0.3) is 0 Å². The molecule has 4 nitrogen and oxygen atoms in total. The molecule has 0 heterocycles. The van der Waals surface area contributed by atoms with Crippen molar-refractivity contribution in [2.45, 2.75) is 43.0 Å². The SMILES string of the molecule is CSc1cccc(N/C=C(/C#N)C(=O)NC2CCCCC2)c1. The van der Waals surface area contributed by atoms with Crippen LogP contribution in [0.2, 0.25) is 0 Å². The number of nitrogens with zero attached hydrogens (tertiary/aromatic N) is 1. The fourth-order valence-corrected chi connectivity index (χ4v) is 2.99. The number of carbonyl (C=O) groups excluding carboxylic acids is 1. The second kappa shape index (κ2) is 8.50. The lowest BCUT2D eigenvalue weighted by Gasteiger charge is -2.22. The molecule has 1 saturated carbocycles. The average Bonchev–Trinajstić information content (AvgIpc) is 2.56. The third kappa shape index (κ3) is 4.81. The molecule has 5 heteroatoms. The number of hydrogen-bond donors (Lipinski definition) is 2. The van der Waals surface area contributed by atoms with Crippen LogP contribution >= 0.6 is 11.8 Å². The van der Waals surface area contributed by atoms with Crippen LogP contribution in [0.15, 0.2) is 40.9 Å². The number of thioether (sulfide) groups is 1. The van der Waals surface area contributed by atoms with Crippen molar-refractivity contribution in [2.75, 3.05) is 11.6 Å². The molecule has 1 aliphatic rings. The third-order valence-corrected chi connectivity index (χ3v) is 4.48. The fraction of sp³-hybridized carbons (Fsp3) is 0.412. The van der Waals surface area contributed by atoms with Crippen molar-refractivity contribution >= 4 is 23.4 Å². The highest BCUT2D eigenvalue weighted by atomic mass is 32.2. The monoisotopic (exact) mass is 315 g/mol. The molecule has 0 bridgehead atoms. The van der Waals surface area contributed by atoms with Gasteiger partial charge in [-0.05, 0) is 37.3 Å². The van der Waals surface area contributed by atoms with Gasteiger partial charge in [-0.1, -0.05) is 25.3 Å². The van der Waals surface area contributed by atoms with Crippen LogP contribution in [0, 0.1) is 11.3 Å². The summed E-state index contributed by atoms with van der Waals surface area (Å²) in [6, 6.07) is 10.0. The lowest BCUT2D eigenvalue weighted by atomic mass is 9.95. The molecule has 0 aliphatic heterocycles. The number of carbonyl (C=O) groups is 1. The van der Waals surface area contributed by atoms with Crippen molar-refractivity contribution in [1.82, 2.24) is 5.32 Å². The van der Waals surface area contributed by atoms with Crippen molar-refractivity contribution in [2.24, 2.45) is 0 Å². The first-order valence-electron chi connectivity index (χ1n) is 7.54. The predicted molar refractivity (Wildman–Crippen MR) is 90.6 cm³/mol. The maximum atomic E-state index is 12.1. The Morgan fingerprint density at radius 2 is 2.14 bits per heavy atom. The van der Waals surface area contributed by atoms with Crippen molar-refractivity contribution in [3.05, 3.63) is 36.0 Å². The minimum Gasteiger partial charge on any atom is -0.360 e. The average molecular weight is 315 g/mol. The van der Waals surface area contributed by atoms with Gasteiger partial charge in [-0.15, -0.1) is 11.8 Å². The molecule has 0 unspecified atom stereocenters. The summed E-state index contributed by atoms with van der Waals surface area (Å²) >= 11 is 1.65. The van der Waals surface area contributed by atoms with Gasteiger partial charge in [-0.3, -0.25) is 4.79 Å². The van der Waals surface area contributed by atoms with Crippen molar-refractivity contribution in [1.29, 1.82) is 5.26 Å². The van der Waals surface area contributed by atoms with Crippen LogP contribution in [-0.4, -0.2) is 18.2 Å². The Kier molecular flexibility index (Phi) is 6.35. The summed E-state index contributed by atoms with van der Waals surface area (Å²) in [6.45, 7) is 0. The molecule has 0 aromatic heterocycles. The van der Waals surface area contributed by atoms with E-state index >= 15 is 0 Å². The van der Waals surface area contributed by atoms with Gasteiger partial charge < -0.3 is 10.6 Å². The van der Waals surface area contributed by atoms with Crippen LogP contribution < -0.4 is 10.6 Å². The minimum atomic E-state index is -0.289. The first kappa shape index (κ1) is 16.4. The second-order valence-electron chi connectivity index (χ2n) is 5.35. The highest BCUT2D eigenvalue weighted by Crippen LogP contribution is 2.19. The number of nitrogens with one attached hydrogen (secondary N) is 2. The summed E-state index contributed by atoms with van der Waals surface area (Å²) in [6.07, 6.45) is 9.04. The Hall–Kier alpha value is -1.93. The number of rotatable bonds is 5.